The lowest BCUT2D eigenvalue weighted by molar-refractivity contribution is -0.107. The van der Waals surface area contributed by atoms with Crippen molar-refractivity contribution in [1.29, 1.82) is 0 Å². The van der Waals surface area contributed by atoms with Crippen molar-refractivity contribution >= 4 is 23.3 Å². The molecule has 0 unspecified atom stereocenters. The van der Waals surface area contributed by atoms with Crippen LogP contribution in [-0.4, -0.2) is 11.3 Å². The van der Waals surface area contributed by atoms with Crippen molar-refractivity contribution in [2.45, 2.75) is 19.8 Å². The van der Waals surface area contributed by atoms with Crippen molar-refractivity contribution in [3.63, 3.8) is 0 Å². The van der Waals surface area contributed by atoms with E-state index >= 15 is 0 Å². The molecule has 1 aromatic carbocycles. The largest absolute Gasteiger partial charge is 0.303 e. The Hall–Kier alpha value is -1.96. The van der Waals surface area contributed by atoms with Crippen LogP contribution >= 0.6 is 0 Å². The van der Waals surface area contributed by atoms with Crippen LogP contribution in [0.25, 0.3) is 17.0 Å². The van der Waals surface area contributed by atoms with Crippen LogP contribution in [-0.2, 0) is 11.2 Å². The fourth-order valence-electron chi connectivity index (χ4n) is 1.75. The van der Waals surface area contributed by atoms with Gasteiger partial charge >= 0.3 is 0 Å². The average molecular weight is 225 g/mol. The van der Waals surface area contributed by atoms with E-state index in [-0.39, 0.29) is 0 Å². The second-order valence-corrected chi connectivity index (χ2v) is 3.95. The van der Waals surface area contributed by atoms with Gasteiger partial charge in [0.05, 0.1) is 5.52 Å². The van der Waals surface area contributed by atoms with Crippen molar-refractivity contribution in [3.8, 4) is 0 Å². The molecule has 0 aliphatic rings. The van der Waals surface area contributed by atoms with Gasteiger partial charge in [-0.3, -0.25) is 4.98 Å². The van der Waals surface area contributed by atoms with Crippen LogP contribution in [0.5, 0.6) is 0 Å². The van der Waals surface area contributed by atoms with Crippen LogP contribution in [0.15, 0.2) is 36.5 Å². The Morgan fingerprint density at radius 3 is 2.94 bits per heavy atom. The van der Waals surface area contributed by atoms with Crippen LogP contribution in [0.3, 0.4) is 0 Å². The van der Waals surface area contributed by atoms with E-state index in [1.54, 1.807) is 0 Å². The summed E-state index contributed by atoms with van der Waals surface area (Å²) < 4.78 is 0. The molecule has 2 nitrogen and oxygen atoms in total. The molecule has 0 saturated carbocycles. The SMILES string of the molecule is CCc1cnc2ccc(/C=C/CC=O)cc2c1. The molecular weight excluding hydrogens is 210 g/mol. The van der Waals surface area contributed by atoms with Gasteiger partial charge in [-0.05, 0) is 35.7 Å². The van der Waals surface area contributed by atoms with Gasteiger partial charge in [-0.15, -0.1) is 0 Å². The first-order chi connectivity index (χ1) is 8.33. The molecule has 0 saturated heterocycles. The maximum absolute atomic E-state index is 10.2. The fourth-order valence-corrected chi connectivity index (χ4v) is 1.75. The lowest BCUT2D eigenvalue weighted by Gasteiger charge is -2.01. The van der Waals surface area contributed by atoms with Crippen molar-refractivity contribution in [1.82, 2.24) is 4.98 Å². The van der Waals surface area contributed by atoms with Gasteiger partial charge in [-0.1, -0.05) is 25.1 Å². The van der Waals surface area contributed by atoms with Crippen molar-refractivity contribution in [3.05, 3.63) is 47.7 Å². The fraction of sp³-hybridized carbons (Fsp3) is 0.200. The first-order valence-electron chi connectivity index (χ1n) is 5.82. The zero-order chi connectivity index (χ0) is 12.1. The molecule has 0 amide bonds. The molecule has 2 aromatic rings. The summed E-state index contributed by atoms with van der Waals surface area (Å²) in [5, 5.41) is 1.15. The van der Waals surface area contributed by atoms with Crippen LogP contribution in [0, 0.1) is 0 Å². The number of aldehydes is 1. The Morgan fingerprint density at radius 2 is 2.18 bits per heavy atom. The number of allylic oxidation sites excluding steroid dienone is 1. The number of carbonyl (C=O) groups excluding carboxylic acids is 1. The average Bonchev–Trinajstić information content (AvgIpc) is 2.38. The first kappa shape index (κ1) is 11.5. The summed E-state index contributed by atoms with van der Waals surface area (Å²) in [6.45, 7) is 2.12. The minimum atomic E-state index is 0.464. The van der Waals surface area contributed by atoms with E-state index in [9.17, 15) is 4.79 Å². The number of aromatic nitrogens is 1. The molecule has 0 bridgehead atoms. The number of benzene rings is 1. The standard InChI is InChI=1S/C15H15NO/c1-2-12-9-14-10-13(5-3-4-8-17)6-7-15(14)16-11-12/h3,5-11H,2,4H2,1H3/b5-3+. The summed E-state index contributed by atoms with van der Waals surface area (Å²) in [5.74, 6) is 0. The number of fused-ring (bicyclic) bond motifs is 1. The molecule has 1 aromatic heterocycles. The normalized spacial score (nSPS) is 11.1. The van der Waals surface area contributed by atoms with Crippen molar-refractivity contribution in [2.24, 2.45) is 0 Å². The number of nitrogens with zero attached hydrogens (tertiary/aromatic N) is 1. The smallest absolute Gasteiger partial charge is 0.123 e. The molecule has 0 aliphatic heterocycles. The van der Waals surface area contributed by atoms with E-state index < -0.39 is 0 Å². The maximum Gasteiger partial charge on any atom is 0.123 e. The van der Waals surface area contributed by atoms with E-state index in [0.29, 0.717) is 6.42 Å². The topological polar surface area (TPSA) is 30.0 Å². The van der Waals surface area contributed by atoms with Gasteiger partial charge in [0.2, 0.25) is 0 Å². The van der Waals surface area contributed by atoms with E-state index in [1.165, 1.54) is 5.56 Å². The van der Waals surface area contributed by atoms with E-state index in [0.717, 1.165) is 29.2 Å². The molecule has 0 aliphatic carbocycles. The van der Waals surface area contributed by atoms with Crippen LogP contribution < -0.4 is 0 Å². The monoisotopic (exact) mass is 225 g/mol. The van der Waals surface area contributed by atoms with E-state index in [2.05, 4.69) is 24.0 Å². The zero-order valence-corrected chi connectivity index (χ0v) is 9.89. The Morgan fingerprint density at radius 1 is 1.29 bits per heavy atom. The molecule has 0 N–H and O–H groups in total. The predicted molar refractivity (Wildman–Crippen MR) is 70.8 cm³/mol. The highest BCUT2D eigenvalue weighted by Gasteiger charge is 1.97. The Bertz CT molecular complexity index is 558. The van der Waals surface area contributed by atoms with Gasteiger partial charge in [0, 0.05) is 18.0 Å². The lowest BCUT2D eigenvalue weighted by Crippen LogP contribution is -1.85. The van der Waals surface area contributed by atoms with E-state index in [4.69, 9.17) is 0 Å². The first-order valence-corrected chi connectivity index (χ1v) is 5.82. The third kappa shape index (κ3) is 2.78. The van der Waals surface area contributed by atoms with Crippen LogP contribution in [0.1, 0.15) is 24.5 Å². The predicted octanol–water partition coefficient (Wildman–Crippen LogP) is 3.40. The Labute approximate surface area is 101 Å². The Kier molecular flexibility index (Phi) is 3.66. The zero-order valence-electron chi connectivity index (χ0n) is 9.89. The summed E-state index contributed by atoms with van der Waals surface area (Å²) in [6, 6.07) is 8.29. The highest BCUT2D eigenvalue weighted by atomic mass is 16.1. The van der Waals surface area contributed by atoms with Gasteiger partial charge in [0.1, 0.15) is 6.29 Å². The molecule has 0 fully saturated rings. The molecule has 2 rings (SSSR count). The van der Waals surface area contributed by atoms with Gasteiger partial charge in [-0.2, -0.15) is 0 Å². The molecule has 2 heteroatoms. The summed E-state index contributed by atoms with van der Waals surface area (Å²) in [4.78, 5) is 14.6. The van der Waals surface area contributed by atoms with E-state index in [1.807, 2.05) is 30.5 Å². The number of rotatable bonds is 4. The minimum absolute atomic E-state index is 0.464. The molecular formula is C15H15NO. The summed E-state index contributed by atoms with van der Waals surface area (Å²) in [7, 11) is 0. The van der Waals surface area contributed by atoms with Crippen molar-refractivity contribution < 1.29 is 4.79 Å². The molecule has 0 spiro atoms. The van der Waals surface area contributed by atoms with Gasteiger partial charge in [0.25, 0.3) is 0 Å². The summed E-state index contributed by atoms with van der Waals surface area (Å²) in [5.41, 5.74) is 3.36. The number of pyridine rings is 1. The summed E-state index contributed by atoms with van der Waals surface area (Å²) >= 11 is 0. The third-order valence-electron chi connectivity index (χ3n) is 2.71. The van der Waals surface area contributed by atoms with Crippen LogP contribution in [0.4, 0.5) is 0 Å². The molecule has 17 heavy (non-hydrogen) atoms. The Balaban J connectivity index is 2.37. The van der Waals surface area contributed by atoms with Gasteiger partial charge in [0.15, 0.2) is 0 Å². The number of carbonyl (C=O) groups is 1. The highest BCUT2D eigenvalue weighted by Crippen LogP contribution is 2.16. The van der Waals surface area contributed by atoms with Gasteiger partial charge in [-0.25, -0.2) is 0 Å². The molecule has 0 atom stereocenters. The van der Waals surface area contributed by atoms with Crippen LogP contribution in [0.2, 0.25) is 0 Å². The minimum Gasteiger partial charge on any atom is -0.303 e. The highest BCUT2D eigenvalue weighted by molar-refractivity contribution is 5.81. The number of aryl methyl sites for hydroxylation is 1. The van der Waals surface area contributed by atoms with Crippen molar-refractivity contribution in [2.75, 3.05) is 0 Å². The molecule has 86 valence electrons. The summed E-state index contributed by atoms with van der Waals surface area (Å²) in [6.07, 6.45) is 8.11. The maximum atomic E-state index is 10.2. The number of hydrogen-bond acceptors (Lipinski definition) is 2. The van der Waals surface area contributed by atoms with Gasteiger partial charge < -0.3 is 4.79 Å². The second kappa shape index (κ2) is 5.39. The number of hydrogen-bond donors (Lipinski definition) is 0. The lowest BCUT2D eigenvalue weighted by atomic mass is 10.1. The molecule has 1 heterocycles. The second-order valence-electron chi connectivity index (χ2n) is 3.95. The quantitative estimate of drug-likeness (QED) is 0.746. The molecule has 0 radical (unpaired) electrons. The third-order valence-corrected chi connectivity index (χ3v) is 2.71.